The van der Waals surface area contributed by atoms with E-state index in [-0.39, 0.29) is 25.7 Å². The summed E-state index contributed by atoms with van der Waals surface area (Å²) in [6.07, 6.45) is -0.477. The maximum absolute atomic E-state index is 12.9. The molecule has 0 heterocycles. The Bertz CT molecular complexity index is 1610. The van der Waals surface area contributed by atoms with Crippen molar-refractivity contribution in [2.75, 3.05) is 34.0 Å². The molecule has 1 N–H and O–H groups in total. The number of methoxy groups -OCH3 is 2. The highest BCUT2D eigenvalue weighted by molar-refractivity contribution is 5.79. The molecule has 0 saturated heterocycles. The fourth-order valence-electron chi connectivity index (χ4n) is 6.08. The van der Waals surface area contributed by atoms with E-state index >= 15 is 0 Å². The van der Waals surface area contributed by atoms with E-state index < -0.39 is 11.7 Å². The zero-order valence-electron chi connectivity index (χ0n) is 24.9. The number of rotatable bonds is 11. The van der Waals surface area contributed by atoms with Crippen LogP contribution in [0.1, 0.15) is 33.7 Å². The van der Waals surface area contributed by atoms with E-state index in [4.69, 9.17) is 18.9 Å². The smallest absolute Gasteiger partial charge is 0.407 e. The molecule has 44 heavy (non-hydrogen) atoms. The molecule has 0 aromatic heterocycles. The molecule has 0 unspecified atom stereocenters. The van der Waals surface area contributed by atoms with E-state index in [0.717, 1.165) is 28.2 Å². The lowest BCUT2D eigenvalue weighted by Crippen LogP contribution is -2.37. The molecular weight excluding hydrogens is 550 g/mol. The highest BCUT2D eigenvalue weighted by Crippen LogP contribution is 2.45. The van der Waals surface area contributed by atoms with E-state index in [1.807, 2.05) is 103 Å². The second-order valence-corrected chi connectivity index (χ2v) is 10.6. The molecule has 0 aliphatic heterocycles. The Kier molecular flexibility index (Phi) is 8.62. The van der Waals surface area contributed by atoms with Crippen LogP contribution in [0.3, 0.4) is 0 Å². The van der Waals surface area contributed by atoms with Crippen LogP contribution in [0.4, 0.5) is 4.79 Å². The van der Waals surface area contributed by atoms with Crippen molar-refractivity contribution >= 4 is 6.09 Å². The number of carbonyl (C=O) groups is 1. The predicted molar refractivity (Wildman–Crippen MR) is 171 cm³/mol. The van der Waals surface area contributed by atoms with Gasteiger partial charge in [0.2, 0.25) is 0 Å². The molecule has 1 aliphatic rings. The van der Waals surface area contributed by atoms with Gasteiger partial charge in [-0.2, -0.15) is 0 Å². The summed E-state index contributed by atoms with van der Waals surface area (Å²) in [5.74, 6) is 1.50. The van der Waals surface area contributed by atoms with Crippen molar-refractivity contribution in [1.82, 2.24) is 5.32 Å². The van der Waals surface area contributed by atoms with Crippen LogP contribution in [0.5, 0.6) is 11.5 Å². The van der Waals surface area contributed by atoms with Gasteiger partial charge in [-0.05, 0) is 63.2 Å². The monoisotopic (exact) mass is 585 g/mol. The second-order valence-electron chi connectivity index (χ2n) is 10.6. The van der Waals surface area contributed by atoms with Gasteiger partial charge >= 0.3 is 6.09 Å². The fraction of sp³-hybridized carbons (Fsp3) is 0.184. The molecule has 0 fully saturated rings. The van der Waals surface area contributed by atoms with Crippen LogP contribution in [0.2, 0.25) is 0 Å². The van der Waals surface area contributed by atoms with E-state index in [1.165, 1.54) is 22.3 Å². The lowest BCUT2D eigenvalue weighted by molar-refractivity contribution is 0.0145. The lowest BCUT2D eigenvalue weighted by Gasteiger charge is -2.36. The second kappa shape index (κ2) is 13.1. The van der Waals surface area contributed by atoms with Crippen LogP contribution in [0, 0.1) is 0 Å². The maximum atomic E-state index is 12.9. The van der Waals surface area contributed by atoms with Gasteiger partial charge in [0.15, 0.2) is 0 Å². The standard InChI is InChI=1S/C38H35NO5/c1-41-30-20-16-28(17-21-30)38(27-10-4-3-5-11-27,29-18-22-31(42-2)23-19-29)44-25-24-39-37(40)43-26-36-34-14-8-6-12-32(34)33-13-7-9-15-35(33)36/h3-23,36H,24-26H2,1-2H3,(H,39,40). The summed E-state index contributed by atoms with van der Waals surface area (Å²) in [5, 5.41) is 2.89. The molecule has 6 heteroatoms. The molecule has 5 aromatic rings. The Morgan fingerprint density at radius 1 is 0.636 bits per heavy atom. The summed E-state index contributed by atoms with van der Waals surface area (Å²) in [7, 11) is 3.29. The number of hydrogen-bond donors (Lipinski definition) is 1. The first kappa shape index (κ1) is 29.0. The minimum Gasteiger partial charge on any atom is -0.497 e. The molecular formula is C38H35NO5. The number of amides is 1. The quantitative estimate of drug-likeness (QED) is 0.128. The van der Waals surface area contributed by atoms with Gasteiger partial charge in [-0.3, -0.25) is 0 Å². The number of alkyl carbamates (subject to hydrolysis) is 1. The lowest BCUT2D eigenvalue weighted by atomic mass is 9.80. The summed E-state index contributed by atoms with van der Waals surface area (Å²) < 4.78 is 23.4. The Labute approximate surface area is 258 Å². The summed E-state index contributed by atoms with van der Waals surface area (Å²) in [5.41, 5.74) is 6.60. The number of hydrogen-bond acceptors (Lipinski definition) is 5. The van der Waals surface area contributed by atoms with Gasteiger partial charge in [0.1, 0.15) is 23.7 Å². The van der Waals surface area contributed by atoms with Crippen LogP contribution in [-0.4, -0.2) is 40.1 Å². The largest absolute Gasteiger partial charge is 0.497 e. The zero-order valence-corrected chi connectivity index (χ0v) is 24.9. The zero-order chi connectivity index (χ0) is 30.4. The summed E-state index contributed by atoms with van der Waals surface area (Å²) in [4.78, 5) is 12.9. The maximum Gasteiger partial charge on any atom is 0.407 e. The Hall–Kier alpha value is -5.07. The summed E-state index contributed by atoms with van der Waals surface area (Å²) in [6, 6.07) is 42.4. The average molecular weight is 586 g/mol. The minimum atomic E-state index is -0.956. The highest BCUT2D eigenvalue weighted by atomic mass is 16.5. The molecule has 0 radical (unpaired) electrons. The topological polar surface area (TPSA) is 66.0 Å². The molecule has 1 aliphatic carbocycles. The number of benzene rings is 5. The van der Waals surface area contributed by atoms with Gasteiger partial charge < -0.3 is 24.3 Å². The van der Waals surface area contributed by atoms with Crippen LogP contribution in [-0.2, 0) is 15.1 Å². The van der Waals surface area contributed by atoms with E-state index in [0.29, 0.717) is 0 Å². The third-order valence-electron chi connectivity index (χ3n) is 8.21. The number of nitrogens with one attached hydrogen (secondary N) is 1. The van der Waals surface area contributed by atoms with Crippen LogP contribution in [0.15, 0.2) is 127 Å². The van der Waals surface area contributed by atoms with Gasteiger partial charge in [0, 0.05) is 12.5 Å². The summed E-state index contributed by atoms with van der Waals surface area (Å²) in [6.45, 7) is 0.751. The third kappa shape index (κ3) is 5.64. The van der Waals surface area contributed by atoms with E-state index in [2.05, 4.69) is 29.6 Å². The van der Waals surface area contributed by atoms with Crippen molar-refractivity contribution in [1.29, 1.82) is 0 Å². The van der Waals surface area contributed by atoms with Gasteiger partial charge in [0.25, 0.3) is 0 Å². The molecule has 0 spiro atoms. The average Bonchev–Trinajstić information content (AvgIpc) is 3.41. The molecule has 0 atom stereocenters. The van der Waals surface area contributed by atoms with Gasteiger partial charge in [0.05, 0.1) is 20.8 Å². The van der Waals surface area contributed by atoms with Gasteiger partial charge in [-0.15, -0.1) is 0 Å². The molecule has 222 valence electrons. The number of carbonyl (C=O) groups excluding carboxylic acids is 1. The van der Waals surface area contributed by atoms with Crippen molar-refractivity contribution in [3.63, 3.8) is 0 Å². The minimum absolute atomic E-state index is 0.000254. The Morgan fingerprint density at radius 3 is 1.64 bits per heavy atom. The van der Waals surface area contributed by atoms with Gasteiger partial charge in [-0.1, -0.05) is 103 Å². The van der Waals surface area contributed by atoms with Crippen molar-refractivity contribution in [3.05, 3.63) is 155 Å². The Balaban J connectivity index is 1.19. The first-order chi connectivity index (χ1) is 21.6. The molecule has 0 bridgehead atoms. The molecule has 0 saturated carbocycles. The SMILES string of the molecule is COc1ccc(C(OCCNC(=O)OCC2c3ccccc3-c3ccccc32)(c2ccccc2)c2ccc(OC)cc2)cc1. The predicted octanol–water partition coefficient (Wildman–Crippen LogP) is 7.55. The molecule has 6 rings (SSSR count). The van der Waals surface area contributed by atoms with Crippen LogP contribution in [0.25, 0.3) is 11.1 Å². The normalized spacial score (nSPS) is 12.2. The number of fused-ring (bicyclic) bond motifs is 3. The van der Waals surface area contributed by atoms with E-state index in [9.17, 15) is 4.79 Å². The third-order valence-corrected chi connectivity index (χ3v) is 8.21. The first-order valence-corrected chi connectivity index (χ1v) is 14.7. The van der Waals surface area contributed by atoms with Crippen molar-refractivity contribution < 1.29 is 23.7 Å². The van der Waals surface area contributed by atoms with Crippen LogP contribution < -0.4 is 14.8 Å². The number of ether oxygens (including phenoxy) is 4. The van der Waals surface area contributed by atoms with Gasteiger partial charge in [-0.25, -0.2) is 4.79 Å². The molecule has 1 amide bonds. The van der Waals surface area contributed by atoms with Crippen LogP contribution >= 0.6 is 0 Å². The molecule has 6 nitrogen and oxygen atoms in total. The Morgan fingerprint density at radius 2 is 1.11 bits per heavy atom. The van der Waals surface area contributed by atoms with Crippen molar-refractivity contribution in [2.45, 2.75) is 11.5 Å². The molecule has 5 aromatic carbocycles. The summed E-state index contributed by atoms with van der Waals surface area (Å²) >= 11 is 0. The fourth-order valence-corrected chi connectivity index (χ4v) is 6.08. The van der Waals surface area contributed by atoms with Crippen molar-refractivity contribution in [3.8, 4) is 22.6 Å². The first-order valence-electron chi connectivity index (χ1n) is 14.7. The highest BCUT2D eigenvalue weighted by Gasteiger charge is 2.38. The van der Waals surface area contributed by atoms with E-state index in [1.54, 1.807) is 14.2 Å². The van der Waals surface area contributed by atoms with Crippen molar-refractivity contribution in [2.24, 2.45) is 0 Å².